The van der Waals surface area contributed by atoms with Crippen molar-refractivity contribution >= 4 is 16.9 Å². The van der Waals surface area contributed by atoms with Crippen LogP contribution in [-0.4, -0.2) is 23.5 Å². The maximum absolute atomic E-state index is 4.74. The Hall–Kier alpha value is -0.180. The molecule has 1 rings (SSSR count). The van der Waals surface area contributed by atoms with E-state index in [9.17, 15) is 0 Å². The molecule has 1 N–H and O–H groups in total. The van der Waals surface area contributed by atoms with Crippen LogP contribution in [-0.2, 0) is 0 Å². The predicted octanol–water partition coefficient (Wildman–Crippen LogP) is 3.78. The van der Waals surface area contributed by atoms with Crippen molar-refractivity contribution in [3.63, 3.8) is 0 Å². The molecule has 0 radical (unpaired) electrons. The summed E-state index contributed by atoms with van der Waals surface area (Å²) in [6.45, 7) is 14.6. The number of thioether (sulfide) groups is 1. The van der Waals surface area contributed by atoms with Crippen LogP contribution in [0.2, 0.25) is 0 Å². The summed E-state index contributed by atoms with van der Waals surface area (Å²) in [5, 5.41) is 4.70. The number of hydrogen-bond donors (Lipinski definition) is 1. The van der Waals surface area contributed by atoms with E-state index in [0.717, 1.165) is 17.6 Å². The van der Waals surface area contributed by atoms with Crippen molar-refractivity contribution in [1.29, 1.82) is 0 Å². The van der Waals surface area contributed by atoms with Gasteiger partial charge in [0.25, 0.3) is 0 Å². The van der Waals surface area contributed by atoms with Crippen LogP contribution in [0.4, 0.5) is 0 Å². The van der Waals surface area contributed by atoms with Crippen molar-refractivity contribution < 1.29 is 0 Å². The van der Waals surface area contributed by atoms with Gasteiger partial charge >= 0.3 is 0 Å². The summed E-state index contributed by atoms with van der Waals surface area (Å²) in [6.07, 6.45) is 1.25. The summed E-state index contributed by atoms with van der Waals surface area (Å²) in [4.78, 5) is 4.74. The molecule has 1 heterocycles. The van der Waals surface area contributed by atoms with Crippen molar-refractivity contribution in [1.82, 2.24) is 5.32 Å². The van der Waals surface area contributed by atoms with Gasteiger partial charge in [-0.3, -0.25) is 4.99 Å². The third-order valence-corrected chi connectivity index (χ3v) is 4.79. The van der Waals surface area contributed by atoms with Crippen LogP contribution in [0.15, 0.2) is 4.99 Å². The third-order valence-electron chi connectivity index (χ3n) is 3.70. The SMILES string of the molecule is CC(C)CC1CSC(=NCC(C)(C)C(C)C)N1. The van der Waals surface area contributed by atoms with Crippen molar-refractivity contribution in [2.45, 2.75) is 54.0 Å². The molecule has 1 fully saturated rings. The molecule has 1 atom stereocenters. The molecule has 0 aromatic rings. The summed E-state index contributed by atoms with van der Waals surface area (Å²) in [7, 11) is 0. The molecule has 1 aliphatic heterocycles. The number of aliphatic imine (C=N–C) groups is 1. The monoisotopic (exact) mass is 256 g/mol. The highest BCUT2D eigenvalue weighted by molar-refractivity contribution is 8.14. The second-order valence-electron chi connectivity index (χ2n) is 6.55. The topological polar surface area (TPSA) is 24.4 Å². The van der Waals surface area contributed by atoms with Gasteiger partial charge in [-0.2, -0.15) is 0 Å². The fourth-order valence-electron chi connectivity index (χ4n) is 1.68. The molecule has 0 saturated carbocycles. The molecule has 100 valence electrons. The molecule has 0 aromatic heterocycles. The first-order valence-corrected chi connectivity index (χ1v) is 7.73. The second-order valence-corrected chi connectivity index (χ2v) is 7.56. The average Bonchev–Trinajstić information content (AvgIpc) is 2.61. The summed E-state index contributed by atoms with van der Waals surface area (Å²) in [6, 6.07) is 0.626. The van der Waals surface area contributed by atoms with E-state index in [1.807, 2.05) is 11.8 Å². The van der Waals surface area contributed by atoms with Crippen molar-refractivity contribution in [3.05, 3.63) is 0 Å². The van der Waals surface area contributed by atoms with Crippen molar-refractivity contribution in [2.75, 3.05) is 12.3 Å². The quantitative estimate of drug-likeness (QED) is 0.809. The third kappa shape index (κ3) is 4.90. The van der Waals surface area contributed by atoms with E-state index in [1.165, 1.54) is 12.2 Å². The Bertz CT molecular complexity index is 269. The van der Waals surface area contributed by atoms with Crippen LogP contribution < -0.4 is 5.32 Å². The molecular formula is C14H28N2S. The molecule has 1 unspecified atom stereocenters. The van der Waals surface area contributed by atoms with Crippen LogP contribution >= 0.6 is 11.8 Å². The molecule has 1 saturated heterocycles. The van der Waals surface area contributed by atoms with Gasteiger partial charge in [0.2, 0.25) is 0 Å². The van der Waals surface area contributed by atoms with E-state index in [4.69, 9.17) is 4.99 Å². The maximum atomic E-state index is 4.74. The van der Waals surface area contributed by atoms with E-state index >= 15 is 0 Å². The lowest BCUT2D eigenvalue weighted by Gasteiger charge is -2.27. The predicted molar refractivity (Wildman–Crippen MR) is 79.8 cm³/mol. The first-order chi connectivity index (χ1) is 7.81. The Morgan fingerprint density at radius 2 is 2.00 bits per heavy atom. The van der Waals surface area contributed by atoms with E-state index < -0.39 is 0 Å². The molecule has 17 heavy (non-hydrogen) atoms. The summed E-state index contributed by atoms with van der Waals surface area (Å²) in [5.74, 6) is 2.61. The van der Waals surface area contributed by atoms with Crippen molar-refractivity contribution in [2.24, 2.45) is 22.2 Å². The average molecular weight is 256 g/mol. The molecule has 0 spiro atoms. The maximum Gasteiger partial charge on any atom is 0.156 e. The van der Waals surface area contributed by atoms with Crippen LogP contribution in [0.5, 0.6) is 0 Å². The number of amidine groups is 1. The molecule has 1 aliphatic rings. The van der Waals surface area contributed by atoms with Gasteiger partial charge in [0.05, 0.1) is 0 Å². The minimum absolute atomic E-state index is 0.297. The Morgan fingerprint density at radius 1 is 1.35 bits per heavy atom. The molecule has 2 nitrogen and oxygen atoms in total. The highest BCUT2D eigenvalue weighted by Gasteiger charge is 2.24. The standard InChI is InChI=1S/C14H28N2S/c1-10(2)7-12-8-17-13(16-12)15-9-14(5,6)11(3)4/h10-12H,7-9H2,1-6H3,(H,15,16). The number of nitrogens with one attached hydrogen (secondary N) is 1. The molecule has 0 aromatic carbocycles. The van der Waals surface area contributed by atoms with Gasteiger partial charge in [-0.1, -0.05) is 53.3 Å². The Balaban J connectivity index is 2.43. The lowest BCUT2D eigenvalue weighted by molar-refractivity contribution is 0.262. The molecular weight excluding hydrogens is 228 g/mol. The van der Waals surface area contributed by atoms with E-state index in [0.29, 0.717) is 17.4 Å². The fourth-order valence-corrected chi connectivity index (χ4v) is 2.67. The van der Waals surface area contributed by atoms with Crippen LogP contribution in [0.3, 0.4) is 0 Å². The van der Waals surface area contributed by atoms with E-state index in [1.54, 1.807) is 0 Å². The Labute approximate surface area is 111 Å². The highest BCUT2D eigenvalue weighted by atomic mass is 32.2. The Morgan fingerprint density at radius 3 is 2.53 bits per heavy atom. The Kier molecular flexibility index (Phi) is 5.36. The van der Waals surface area contributed by atoms with Gasteiger partial charge in [0, 0.05) is 18.3 Å². The van der Waals surface area contributed by atoms with Gasteiger partial charge in [-0.05, 0) is 23.7 Å². The summed E-state index contributed by atoms with van der Waals surface area (Å²) >= 11 is 1.88. The first-order valence-electron chi connectivity index (χ1n) is 6.75. The number of rotatable bonds is 5. The van der Waals surface area contributed by atoms with Crippen molar-refractivity contribution in [3.8, 4) is 0 Å². The normalized spacial score (nSPS) is 23.8. The van der Waals surface area contributed by atoms with Gasteiger partial charge in [-0.25, -0.2) is 0 Å². The zero-order chi connectivity index (χ0) is 13.1. The van der Waals surface area contributed by atoms with Crippen LogP contribution in [0, 0.1) is 17.3 Å². The minimum atomic E-state index is 0.297. The summed E-state index contributed by atoms with van der Waals surface area (Å²) < 4.78 is 0. The largest absolute Gasteiger partial charge is 0.361 e. The molecule has 0 bridgehead atoms. The van der Waals surface area contributed by atoms with E-state index in [2.05, 4.69) is 46.9 Å². The second kappa shape index (κ2) is 6.12. The van der Waals surface area contributed by atoms with Gasteiger partial charge < -0.3 is 5.32 Å². The van der Waals surface area contributed by atoms with Crippen LogP contribution in [0.25, 0.3) is 0 Å². The fraction of sp³-hybridized carbons (Fsp3) is 0.929. The minimum Gasteiger partial charge on any atom is -0.361 e. The van der Waals surface area contributed by atoms with Gasteiger partial charge in [0.1, 0.15) is 0 Å². The highest BCUT2D eigenvalue weighted by Crippen LogP contribution is 2.27. The number of nitrogens with zero attached hydrogens (tertiary/aromatic N) is 1. The zero-order valence-electron chi connectivity index (χ0n) is 12.2. The lowest BCUT2D eigenvalue weighted by Crippen LogP contribution is -2.29. The van der Waals surface area contributed by atoms with Gasteiger partial charge in [-0.15, -0.1) is 0 Å². The lowest BCUT2D eigenvalue weighted by atomic mass is 9.81. The smallest absolute Gasteiger partial charge is 0.156 e. The molecule has 3 heteroatoms. The first kappa shape index (κ1) is 14.9. The number of hydrogen-bond acceptors (Lipinski definition) is 2. The molecule has 0 amide bonds. The molecule has 0 aliphatic carbocycles. The van der Waals surface area contributed by atoms with Gasteiger partial charge in [0.15, 0.2) is 5.17 Å². The van der Waals surface area contributed by atoms with E-state index in [-0.39, 0.29) is 0 Å². The van der Waals surface area contributed by atoms with Crippen LogP contribution in [0.1, 0.15) is 48.0 Å². The zero-order valence-corrected chi connectivity index (χ0v) is 13.0. The summed E-state index contributed by atoms with van der Waals surface area (Å²) in [5.41, 5.74) is 0.297.